The van der Waals surface area contributed by atoms with E-state index in [1.54, 1.807) is 36.5 Å². The number of aryl methyl sites for hydroxylation is 2. The van der Waals surface area contributed by atoms with E-state index in [2.05, 4.69) is 10.5 Å². The molecule has 20 heavy (non-hydrogen) atoms. The van der Waals surface area contributed by atoms with Crippen LogP contribution in [0.2, 0.25) is 0 Å². The number of carbonyl (C=O) groups is 1. The predicted molar refractivity (Wildman–Crippen MR) is 81.6 cm³/mol. The molecular weight excluding hydrogens is 272 g/mol. The molecular formula is C15H16N2O2S. The van der Waals surface area contributed by atoms with Crippen LogP contribution in [0.3, 0.4) is 0 Å². The highest BCUT2D eigenvalue weighted by Gasteiger charge is 2.12. The monoisotopic (exact) mass is 288 g/mol. The largest absolute Gasteiger partial charge is 0.507 e. The fourth-order valence-corrected chi connectivity index (χ4v) is 2.53. The van der Waals surface area contributed by atoms with Crippen LogP contribution in [0.15, 0.2) is 35.4 Å². The number of carbonyl (C=O) groups excluding carboxylic acids is 1. The van der Waals surface area contributed by atoms with Crippen LogP contribution in [0.1, 0.15) is 32.6 Å². The number of amides is 1. The van der Waals surface area contributed by atoms with Gasteiger partial charge in [0.05, 0.1) is 16.2 Å². The van der Waals surface area contributed by atoms with Crippen molar-refractivity contribution >= 4 is 23.0 Å². The van der Waals surface area contributed by atoms with E-state index >= 15 is 0 Å². The van der Waals surface area contributed by atoms with E-state index in [9.17, 15) is 9.90 Å². The lowest BCUT2D eigenvalue weighted by Crippen LogP contribution is -2.19. The molecule has 5 heteroatoms. The molecule has 0 aliphatic rings. The fraction of sp³-hybridized carbons (Fsp3) is 0.200. The molecule has 0 spiro atoms. The van der Waals surface area contributed by atoms with Crippen molar-refractivity contribution in [3.8, 4) is 5.75 Å². The molecule has 1 heterocycles. The van der Waals surface area contributed by atoms with Gasteiger partial charge in [0, 0.05) is 4.88 Å². The lowest BCUT2D eigenvalue weighted by molar-refractivity contribution is 0.0952. The normalized spacial score (nSPS) is 11.4. The quantitative estimate of drug-likeness (QED) is 0.673. The molecule has 2 rings (SSSR count). The first-order chi connectivity index (χ1) is 9.49. The molecule has 2 N–H and O–H groups in total. The molecule has 2 aromatic rings. The average molecular weight is 288 g/mol. The number of hydrazone groups is 1. The third kappa shape index (κ3) is 3.05. The maximum atomic E-state index is 12.0. The summed E-state index contributed by atoms with van der Waals surface area (Å²) in [6.07, 6.45) is 0. The number of benzene rings is 1. The standard InChI is InChI=1S/C15H16N2O2S/c1-9-5-4-6-12(14(9)18)15(19)17-16-11(3)13-8-7-10(2)20-13/h4-8,18H,1-3H3,(H,17,19)/b16-11+. The maximum absolute atomic E-state index is 12.0. The van der Waals surface area contributed by atoms with Crippen molar-refractivity contribution in [3.05, 3.63) is 51.2 Å². The first-order valence-corrected chi connectivity index (χ1v) is 7.00. The third-order valence-electron chi connectivity index (χ3n) is 2.90. The van der Waals surface area contributed by atoms with Gasteiger partial charge >= 0.3 is 0 Å². The molecule has 1 aromatic carbocycles. The zero-order valence-corrected chi connectivity index (χ0v) is 12.4. The van der Waals surface area contributed by atoms with Gasteiger partial charge in [-0.05, 0) is 44.5 Å². The second-order valence-electron chi connectivity index (χ2n) is 4.52. The summed E-state index contributed by atoms with van der Waals surface area (Å²) in [7, 11) is 0. The van der Waals surface area contributed by atoms with Gasteiger partial charge < -0.3 is 5.11 Å². The second-order valence-corrected chi connectivity index (χ2v) is 5.81. The highest BCUT2D eigenvalue weighted by molar-refractivity contribution is 7.14. The predicted octanol–water partition coefficient (Wildman–Crippen LogP) is 3.22. The van der Waals surface area contributed by atoms with Gasteiger partial charge in [0.15, 0.2) is 0 Å². The van der Waals surface area contributed by atoms with Crippen molar-refractivity contribution in [3.63, 3.8) is 0 Å². The van der Waals surface area contributed by atoms with E-state index in [-0.39, 0.29) is 11.3 Å². The average Bonchev–Trinajstić information content (AvgIpc) is 2.85. The number of nitrogens with one attached hydrogen (secondary N) is 1. The van der Waals surface area contributed by atoms with Crippen LogP contribution in [0, 0.1) is 13.8 Å². The molecule has 0 aliphatic carbocycles. The number of thiophene rings is 1. The van der Waals surface area contributed by atoms with E-state index in [0.717, 1.165) is 10.6 Å². The maximum Gasteiger partial charge on any atom is 0.275 e. The Morgan fingerprint density at radius 3 is 2.65 bits per heavy atom. The van der Waals surface area contributed by atoms with E-state index in [1.165, 1.54) is 4.88 Å². The van der Waals surface area contributed by atoms with Gasteiger partial charge in [-0.3, -0.25) is 4.79 Å². The van der Waals surface area contributed by atoms with E-state index in [4.69, 9.17) is 0 Å². The highest BCUT2D eigenvalue weighted by Crippen LogP contribution is 2.21. The van der Waals surface area contributed by atoms with E-state index in [0.29, 0.717) is 5.56 Å². The summed E-state index contributed by atoms with van der Waals surface area (Å²) in [6, 6.07) is 9.01. The molecule has 0 saturated heterocycles. The molecule has 104 valence electrons. The number of nitrogens with zero attached hydrogens (tertiary/aromatic N) is 1. The first kappa shape index (κ1) is 14.3. The SMILES string of the molecule is C/C(=N\NC(=O)c1cccc(C)c1O)c1ccc(C)s1. The number of aromatic hydroxyl groups is 1. The van der Waals surface area contributed by atoms with Crippen LogP contribution in [-0.4, -0.2) is 16.7 Å². The molecule has 1 amide bonds. The van der Waals surface area contributed by atoms with Crippen molar-refractivity contribution in [2.24, 2.45) is 5.10 Å². The summed E-state index contributed by atoms with van der Waals surface area (Å²) in [4.78, 5) is 14.2. The molecule has 1 aromatic heterocycles. The van der Waals surface area contributed by atoms with Crippen LogP contribution >= 0.6 is 11.3 Å². The van der Waals surface area contributed by atoms with Crippen LogP contribution in [0.25, 0.3) is 0 Å². The number of phenolic OH excluding ortho intramolecular Hbond substituents is 1. The van der Waals surface area contributed by atoms with Crippen molar-refractivity contribution in [2.45, 2.75) is 20.8 Å². The molecule has 0 unspecified atom stereocenters. The van der Waals surface area contributed by atoms with Crippen LogP contribution in [0.4, 0.5) is 0 Å². The van der Waals surface area contributed by atoms with E-state index < -0.39 is 5.91 Å². The minimum Gasteiger partial charge on any atom is -0.507 e. The summed E-state index contributed by atoms with van der Waals surface area (Å²) in [5, 5.41) is 13.9. The zero-order chi connectivity index (χ0) is 14.7. The Hall–Kier alpha value is -2.14. The second kappa shape index (κ2) is 5.88. The molecule has 0 atom stereocenters. The molecule has 0 radical (unpaired) electrons. The number of phenols is 1. The summed E-state index contributed by atoms with van der Waals surface area (Å²) in [5.41, 5.74) is 4.09. The molecule has 0 saturated carbocycles. The summed E-state index contributed by atoms with van der Waals surface area (Å²) < 4.78 is 0. The Labute approximate surface area is 121 Å². The van der Waals surface area contributed by atoms with Gasteiger partial charge in [-0.25, -0.2) is 5.43 Å². The third-order valence-corrected chi connectivity index (χ3v) is 4.01. The van der Waals surface area contributed by atoms with Gasteiger partial charge in [0.25, 0.3) is 5.91 Å². The molecule has 0 fully saturated rings. The van der Waals surface area contributed by atoms with Crippen LogP contribution < -0.4 is 5.43 Å². The Balaban J connectivity index is 2.14. The van der Waals surface area contributed by atoms with Gasteiger partial charge in [0.2, 0.25) is 0 Å². The number of para-hydroxylation sites is 1. The highest BCUT2D eigenvalue weighted by atomic mass is 32.1. The van der Waals surface area contributed by atoms with Gasteiger partial charge in [0.1, 0.15) is 5.75 Å². The van der Waals surface area contributed by atoms with Crippen molar-refractivity contribution in [1.82, 2.24) is 5.43 Å². The smallest absolute Gasteiger partial charge is 0.275 e. The van der Waals surface area contributed by atoms with Crippen LogP contribution in [0.5, 0.6) is 5.75 Å². The minimum absolute atomic E-state index is 0.00942. The summed E-state index contributed by atoms with van der Waals surface area (Å²) in [6.45, 7) is 5.60. The number of hydrogen-bond acceptors (Lipinski definition) is 4. The number of hydrogen-bond donors (Lipinski definition) is 2. The van der Waals surface area contributed by atoms with Crippen molar-refractivity contribution in [2.75, 3.05) is 0 Å². The molecule has 0 aliphatic heterocycles. The van der Waals surface area contributed by atoms with Crippen molar-refractivity contribution < 1.29 is 9.90 Å². The molecule has 4 nitrogen and oxygen atoms in total. The van der Waals surface area contributed by atoms with E-state index in [1.807, 2.05) is 26.0 Å². The first-order valence-electron chi connectivity index (χ1n) is 6.19. The lowest BCUT2D eigenvalue weighted by atomic mass is 10.1. The summed E-state index contributed by atoms with van der Waals surface area (Å²) >= 11 is 1.62. The molecule has 0 bridgehead atoms. The van der Waals surface area contributed by atoms with Gasteiger partial charge in [-0.15, -0.1) is 11.3 Å². The van der Waals surface area contributed by atoms with Crippen LogP contribution in [-0.2, 0) is 0 Å². The minimum atomic E-state index is -0.418. The fourth-order valence-electron chi connectivity index (χ4n) is 1.72. The summed E-state index contributed by atoms with van der Waals surface area (Å²) in [5.74, 6) is -0.427. The number of rotatable bonds is 3. The topological polar surface area (TPSA) is 61.7 Å². The Kier molecular flexibility index (Phi) is 4.20. The Morgan fingerprint density at radius 2 is 2.00 bits per heavy atom. The van der Waals surface area contributed by atoms with Crippen molar-refractivity contribution in [1.29, 1.82) is 0 Å². The Morgan fingerprint density at radius 1 is 1.25 bits per heavy atom. The zero-order valence-electron chi connectivity index (χ0n) is 11.6. The Bertz CT molecular complexity index is 674. The van der Waals surface area contributed by atoms with Gasteiger partial charge in [-0.2, -0.15) is 5.10 Å². The lowest BCUT2D eigenvalue weighted by Gasteiger charge is -2.05. The van der Waals surface area contributed by atoms with Gasteiger partial charge in [-0.1, -0.05) is 12.1 Å².